The fourth-order valence-corrected chi connectivity index (χ4v) is 1.88. The van der Waals surface area contributed by atoms with Crippen LogP contribution in [-0.2, 0) is 6.54 Å². The van der Waals surface area contributed by atoms with Crippen molar-refractivity contribution in [2.75, 3.05) is 17.7 Å². The Bertz CT molecular complexity index is 498. The Balaban J connectivity index is 2.04. The molecule has 18 heavy (non-hydrogen) atoms. The van der Waals surface area contributed by atoms with Gasteiger partial charge in [0.2, 0.25) is 5.95 Å². The number of anilines is 2. The first-order chi connectivity index (χ1) is 8.69. The normalized spacial score (nSPS) is 12.2. The Labute approximate surface area is 114 Å². The third kappa shape index (κ3) is 3.19. The van der Waals surface area contributed by atoms with Crippen LogP contribution in [0.3, 0.4) is 0 Å². The molecule has 0 fully saturated rings. The van der Waals surface area contributed by atoms with E-state index in [9.17, 15) is 0 Å². The van der Waals surface area contributed by atoms with E-state index < -0.39 is 0 Å². The molecular formula is C11H15BrN6. The van der Waals surface area contributed by atoms with Crippen molar-refractivity contribution in [3.05, 3.63) is 29.4 Å². The van der Waals surface area contributed by atoms with E-state index in [2.05, 4.69) is 48.4 Å². The molecule has 2 heterocycles. The summed E-state index contributed by atoms with van der Waals surface area (Å²) in [5, 5.41) is 6.25. The summed E-state index contributed by atoms with van der Waals surface area (Å²) in [6.07, 6.45) is 7.23. The average Bonchev–Trinajstić information content (AvgIpc) is 2.84. The highest BCUT2D eigenvalue weighted by molar-refractivity contribution is 9.10. The van der Waals surface area contributed by atoms with Gasteiger partial charge in [-0.05, 0) is 22.9 Å². The second-order valence-corrected chi connectivity index (χ2v) is 4.80. The second-order valence-electron chi connectivity index (χ2n) is 3.95. The summed E-state index contributed by atoms with van der Waals surface area (Å²) in [6.45, 7) is 2.92. The number of imidazole rings is 1. The molecule has 0 aromatic carbocycles. The van der Waals surface area contributed by atoms with Crippen molar-refractivity contribution >= 4 is 27.7 Å². The molecule has 6 nitrogen and oxygen atoms in total. The lowest BCUT2D eigenvalue weighted by atomic mass is 10.3. The third-order valence-corrected chi connectivity index (χ3v) is 2.98. The van der Waals surface area contributed by atoms with E-state index in [-0.39, 0.29) is 6.04 Å². The summed E-state index contributed by atoms with van der Waals surface area (Å²) in [6, 6.07) is 0.232. The smallest absolute Gasteiger partial charge is 0.224 e. The number of aromatic nitrogens is 4. The van der Waals surface area contributed by atoms with E-state index in [0.717, 1.165) is 16.8 Å². The van der Waals surface area contributed by atoms with Gasteiger partial charge in [-0.1, -0.05) is 0 Å². The van der Waals surface area contributed by atoms with Gasteiger partial charge in [0.15, 0.2) is 0 Å². The molecule has 2 aromatic heterocycles. The number of halogens is 1. The minimum absolute atomic E-state index is 0.232. The van der Waals surface area contributed by atoms with Crippen molar-refractivity contribution in [2.45, 2.75) is 19.5 Å². The van der Waals surface area contributed by atoms with E-state index in [4.69, 9.17) is 0 Å². The predicted octanol–water partition coefficient (Wildman–Crippen LogP) is 1.98. The van der Waals surface area contributed by atoms with Crippen molar-refractivity contribution in [3.8, 4) is 0 Å². The lowest BCUT2D eigenvalue weighted by Crippen LogP contribution is -2.22. The molecule has 0 aliphatic rings. The highest BCUT2D eigenvalue weighted by Gasteiger charge is 2.08. The number of hydrogen-bond acceptors (Lipinski definition) is 5. The maximum Gasteiger partial charge on any atom is 0.224 e. The number of nitrogens with one attached hydrogen (secondary N) is 2. The summed E-state index contributed by atoms with van der Waals surface area (Å²) in [5.74, 6) is 1.37. The minimum atomic E-state index is 0.232. The monoisotopic (exact) mass is 310 g/mol. The topological polar surface area (TPSA) is 67.7 Å². The predicted molar refractivity (Wildman–Crippen MR) is 74.6 cm³/mol. The quantitative estimate of drug-likeness (QED) is 0.884. The Kier molecular flexibility index (Phi) is 4.14. The van der Waals surface area contributed by atoms with Crippen molar-refractivity contribution in [1.29, 1.82) is 0 Å². The Morgan fingerprint density at radius 2 is 2.33 bits per heavy atom. The van der Waals surface area contributed by atoms with Crippen LogP contribution in [-0.4, -0.2) is 32.6 Å². The van der Waals surface area contributed by atoms with Gasteiger partial charge in [-0.2, -0.15) is 4.98 Å². The van der Waals surface area contributed by atoms with Crippen molar-refractivity contribution in [1.82, 2.24) is 19.5 Å². The van der Waals surface area contributed by atoms with Crippen LogP contribution in [0.5, 0.6) is 0 Å². The molecule has 1 unspecified atom stereocenters. The molecule has 96 valence electrons. The van der Waals surface area contributed by atoms with Crippen LogP contribution in [0.2, 0.25) is 0 Å². The third-order valence-electron chi connectivity index (χ3n) is 2.39. The highest BCUT2D eigenvalue weighted by atomic mass is 79.9. The zero-order chi connectivity index (χ0) is 13.0. The molecule has 0 aliphatic heterocycles. The minimum Gasteiger partial charge on any atom is -0.365 e. The van der Waals surface area contributed by atoms with Crippen LogP contribution in [0, 0.1) is 0 Å². The van der Waals surface area contributed by atoms with E-state index in [1.165, 1.54) is 0 Å². The lowest BCUT2D eigenvalue weighted by Gasteiger charge is -2.16. The fourth-order valence-electron chi connectivity index (χ4n) is 1.58. The molecule has 0 amide bonds. The standard InChI is InChI=1S/C11H15BrN6/c1-8(6-18-4-3-14-7-18)16-10-9(12)5-15-11(13-2)17-10/h3-5,7-8H,6H2,1-2H3,(H2,13,15,16,17). The largest absolute Gasteiger partial charge is 0.365 e. The summed E-state index contributed by atoms with van der Waals surface area (Å²) in [7, 11) is 1.79. The Morgan fingerprint density at radius 1 is 1.50 bits per heavy atom. The van der Waals surface area contributed by atoms with Gasteiger partial charge in [-0.25, -0.2) is 9.97 Å². The van der Waals surface area contributed by atoms with Gasteiger partial charge in [0.05, 0.1) is 10.8 Å². The first-order valence-electron chi connectivity index (χ1n) is 5.61. The van der Waals surface area contributed by atoms with Crippen LogP contribution in [0.1, 0.15) is 6.92 Å². The van der Waals surface area contributed by atoms with E-state index >= 15 is 0 Å². The lowest BCUT2D eigenvalue weighted by molar-refractivity contribution is 0.616. The Morgan fingerprint density at radius 3 is 3.00 bits per heavy atom. The van der Waals surface area contributed by atoms with Gasteiger partial charge < -0.3 is 15.2 Å². The van der Waals surface area contributed by atoms with Crippen molar-refractivity contribution in [3.63, 3.8) is 0 Å². The van der Waals surface area contributed by atoms with Gasteiger partial charge in [0.1, 0.15) is 5.82 Å². The van der Waals surface area contributed by atoms with Crippen molar-refractivity contribution in [2.24, 2.45) is 0 Å². The second kappa shape index (κ2) is 5.81. The first kappa shape index (κ1) is 12.8. The van der Waals surface area contributed by atoms with E-state index in [1.807, 2.05) is 10.8 Å². The first-order valence-corrected chi connectivity index (χ1v) is 6.41. The van der Waals surface area contributed by atoms with Crippen LogP contribution in [0.25, 0.3) is 0 Å². The zero-order valence-corrected chi connectivity index (χ0v) is 11.8. The zero-order valence-electron chi connectivity index (χ0n) is 10.3. The molecule has 0 saturated heterocycles. The number of nitrogens with zero attached hydrogens (tertiary/aromatic N) is 4. The summed E-state index contributed by atoms with van der Waals surface area (Å²) >= 11 is 3.43. The van der Waals surface area contributed by atoms with Gasteiger partial charge in [0, 0.05) is 38.2 Å². The molecule has 2 N–H and O–H groups in total. The van der Waals surface area contributed by atoms with Gasteiger partial charge in [-0.3, -0.25) is 0 Å². The molecule has 0 radical (unpaired) electrons. The average molecular weight is 311 g/mol. The summed E-state index contributed by atoms with van der Waals surface area (Å²) in [4.78, 5) is 12.5. The van der Waals surface area contributed by atoms with Crippen LogP contribution >= 0.6 is 15.9 Å². The van der Waals surface area contributed by atoms with Crippen molar-refractivity contribution < 1.29 is 0 Å². The van der Waals surface area contributed by atoms with E-state index in [0.29, 0.717) is 5.95 Å². The number of hydrogen-bond donors (Lipinski definition) is 2. The maximum atomic E-state index is 4.35. The molecule has 0 aliphatic carbocycles. The molecule has 7 heteroatoms. The van der Waals surface area contributed by atoms with Gasteiger partial charge >= 0.3 is 0 Å². The molecule has 0 bridgehead atoms. The molecule has 2 aromatic rings. The molecule has 0 spiro atoms. The molecule has 2 rings (SSSR count). The molecule has 1 atom stereocenters. The van der Waals surface area contributed by atoms with E-state index in [1.54, 1.807) is 25.8 Å². The van der Waals surface area contributed by atoms with Crippen LogP contribution in [0.4, 0.5) is 11.8 Å². The van der Waals surface area contributed by atoms with Crippen LogP contribution in [0.15, 0.2) is 29.4 Å². The summed E-state index contributed by atoms with van der Waals surface area (Å²) < 4.78 is 2.87. The Hall–Kier alpha value is -1.63. The molecular weight excluding hydrogens is 296 g/mol. The SMILES string of the molecule is CNc1ncc(Br)c(NC(C)Cn2ccnc2)n1. The molecule has 0 saturated carbocycles. The number of rotatable bonds is 5. The maximum absolute atomic E-state index is 4.35. The summed E-state index contributed by atoms with van der Waals surface area (Å²) in [5.41, 5.74) is 0. The fraction of sp³-hybridized carbons (Fsp3) is 0.364. The van der Waals surface area contributed by atoms with Gasteiger partial charge in [-0.15, -0.1) is 0 Å². The van der Waals surface area contributed by atoms with Crippen LogP contribution < -0.4 is 10.6 Å². The highest BCUT2D eigenvalue weighted by Crippen LogP contribution is 2.20. The van der Waals surface area contributed by atoms with Gasteiger partial charge in [0.25, 0.3) is 0 Å².